The van der Waals surface area contributed by atoms with Crippen LogP contribution in [0.1, 0.15) is 38.1 Å². The molecule has 0 aliphatic heterocycles. The normalized spacial score (nSPS) is 10.1. The first kappa shape index (κ1) is 15.0. The summed E-state index contributed by atoms with van der Waals surface area (Å²) < 4.78 is 0. The summed E-state index contributed by atoms with van der Waals surface area (Å²) in [5, 5.41) is 0. The monoisotopic (exact) mass is 260 g/mol. The van der Waals surface area contributed by atoms with Gasteiger partial charge in [-0.15, -0.1) is 11.3 Å². The van der Waals surface area contributed by atoms with Gasteiger partial charge in [0.1, 0.15) is 0 Å². The molecule has 0 N–H and O–H groups in total. The highest BCUT2D eigenvalue weighted by Crippen LogP contribution is 2.27. The maximum Gasteiger partial charge on any atom is 0.0345 e. The molecule has 0 amide bonds. The molecule has 0 unspecified atom stereocenters. The predicted octanol–water partition coefficient (Wildman–Crippen LogP) is 5.95. The number of hydrogen-bond donors (Lipinski definition) is 0. The Labute approximate surface area is 116 Å². The molecule has 0 spiro atoms. The van der Waals surface area contributed by atoms with Crippen LogP contribution in [0.25, 0.3) is 10.4 Å². The Hall–Kier alpha value is -1.08. The van der Waals surface area contributed by atoms with E-state index >= 15 is 0 Å². The molecule has 18 heavy (non-hydrogen) atoms. The molecule has 0 atom stereocenters. The van der Waals surface area contributed by atoms with Gasteiger partial charge in [-0.25, -0.2) is 0 Å². The van der Waals surface area contributed by atoms with E-state index in [9.17, 15) is 0 Å². The summed E-state index contributed by atoms with van der Waals surface area (Å²) in [5.41, 5.74) is 2.78. The minimum absolute atomic E-state index is 0.731. The molecule has 1 heteroatoms. The number of rotatable bonds is 3. The Morgan fingerprint density at radius 1 is 0.944 bits per heavy atom. The maximum atomic E-state index is 2.26. The molecule has 0 saturated heterocycles. The van der Waals surface area contributed by atoms with Gasteiger partial charge in [0.15, 0.2) is 0 Å². The van der Waals surface area contributed by atoms with Crippen LogP contribution >= 0.6 is 11.3 Å². The van der Waals surface area contributed by atoms with Crippen molar-refractivity contribution in [1.29, 1.82) is 0 Å². The van der Waals surface area contributed by atoms with Gasteiger partial charge >= 0.3 is 0 Å². The van der Waals surface area contributed by atoms with Gasteiger partial charge in [0.2, 0.25) is 0 Å². The first-order valence-corrected chi connectivity index (χ1v) is 7.62. The Balaban J connectivity index is 0.000000771. The van der Waals surface area contributed by atoms with Gasteiger partial charge in [0.05, 0.1) is 0 Å². The summed E-state index contributed by atoms with van der Waals surface area (Å²) in [6.45, 7) is 10.7. The van der Waals surface area contributed by atoms with Crippen molar-refractivity contribution in [3.63, 3.8) is 0 Å². The van der Waals surface area contributed by atoms with Crippen molar-refractivity contribution < 1.29 is 0 Å². The van der Waals surface area contributed by atoms with Crippen molar-refractivity contribution in [2.75, 3.05) is 0 Å². The second-order valence-corrected chi connectivity index (χ2v) is 5.99. The summed E-state index contributed by atoms with van der Waals surface area (Å²) in [5.74, 6) is 0.731. The lowest BCUT2D eigenvalue weighted by Gasteiger charge is -2.05. The summed E-state index contributed by atoms with van der Waals surface area (Å²) in [6, 6.07) is 13.4. The van der Waals surface area contributed by atoms with Gasteiger partial charge in [0, 0.05) is 9.75 Å². The molecular weight excluding hydrogens is 236 g/mol. The third-order valence-electron chi connectivity index (χ3n) is 2.62. The number of hydrogen-bond acceptors (Lipinski definition) is 1. The number of thiophene rings is 1. The zero-order valence-electron chi connectivity index (χ0n) is 12.2. The molecule has 0 aliphatic carbocycles. The topological polar surface area (TPSA) is 0 Å². The SMILES string of the molecule is CC.Cc1ccc(-c2ccc(CC(C)C)cc2)s1. The van der Waals surface area contributed by atoms with E-state index in [0.29, 0.717) is 0 Å². The van der Waals surface area contributed by atoms with E-state index < -0.39 is 0 Å². The first-order chi connectivity index (χ1) is 8.65. The van der Waals surface area contributed by atoms with Gasteiger partial charge in [-0.1, -0.05) is 52.0 Å². The van der Waals surface area contributed by atoms with E-state index in [0.717, 1.165) is 5.92 Å². The molecule has 1 aromatic heterocycles. The van der Waals surface area contributed by atoms with Crippen LogP contribution < -0.4 is 0 Å². The van der Waals surface area contributed by atoms with Crippen molar-refractivity contribution in [2.24, 2.45) is 5.92 Å². The predicted molar refractivity (Wildman–Crippen MR) is 84.4 cm³/mol. The molecule has 1 aromatic carbocycles. The van der Waals surface area contributed by atoms with Crippen LogP contribution in [0.15, 0.2) is 36.4 Å². The molecule has 0 fully saturated rings. The molecule has 1 heterocycles. The Kier molecular flexibility index (Phi) is 6.14. The third-order valence-corrected chi connectivity index (χ3v) is 3.67. The van der Waals surface area contributed by atoms with E-state index in [1.165, 1.54) is 27.3 Å². The third kappa shape index (κ3) is 4.30. The fourth-order valence-corrected chi connectivity index (χ4v) is 2.74. The maximum absolute atomic E-state index is 2.26. The van der Waals surface area contributed by atoms with Crippen LogP contribution in [0, 0.1) is 12.8 Å². The van der Waals surface area contributed by atoms with Crippen LogP contribution in [-0.2, 0) is 6.42 Å². The summed E-state index contributed by atoms with van der Waals surface area (Å²) in [7, 11) is 0. The van der Waals surface area contributed by atoms with E-state index in [2.05, 4.69) is 57.2 Å². The van der Waals surface area contributed by atoms with E-state index in [1.807, 2.05) is 25.2 Å². The largest absolute Gasteiger partial charge is 0.141 e. The van der Waals surface area contributed by atoms with Gasteiger partial charge in [-0.05, 0) is 42.5 Å². The molecule has 0 nitrogen and oxygen atoms in total. The van der Waals surface area contributed by atoms with E-state index in [1.54, 1.807) is 0 Å². The van der Waals surface area contributed by atoms with Gasteiger partial charge < -0.3 is 0 Å². The molecule has 0 bridgehead atoms. The minimum Gasteiger partial charge on any atom is -0.141 e. The van der Waals surface area contributed by atoms with Gasteiger partial charge in [0.25, 0.3) is 0 Å². The van der Waals surface area contributed by atoms with Crippen LogP contribution in [0.4, 0.5) is 0 Å². The highest BCUT2D eigenvalue weighted by molar-refractivity contribution is 7.15. The Morgan fingerprint density at radius 2 is 1.56 bits per heavy atom. The first-order valence-electron chi connectivity index (χ1n) is 6.81. The lowest BCUT2D eigenvalue weighted by atomic mass is 10.0. The number of benzene rings is 1. The zero-order valence-corrected chi connectivity index (χ0v) is 13.0. The molecule has 0 aliphatic rings. The zero-order chi connectivity index (χ0) is 13.5. The number of aryl methyl sites for hydroxylation is 1. The fraction of sp³-hybridized carbons (Fsp3) is 0.412. The van der Waals surface area contributed by atoms with Gasteiger partial charge in [-0.2, -0.15) is 0 Å². The lowest BCUT2D eigenvalue weighted by Crippen LogP contribution is -1.93. The van der Waals surface area contributed by atoms with Crippen molar-refractivity contribution in [2.45, 2.75) is 41.0 Å². The van der Waals surface area contributed by atoms with Crippen molar-refractivity contribution in [3.05, 3.63) is 46.8 Å². The van der Waals surface area contributed by atoms with E-state index in [-0.39, 0.29) is 0 Å². The van der Waals surface area contributed by atoms with Gasteiger partial charge in [-0.3, -0.25) is 0 Å². The second-order valence-electron chi connectivity index (χ2n) is 4.71. The molecule has 0 radical (unpaired) electrons. The smallest absolute Gasteiger partial charge is 0.0345 e. The van der Waals surface area contributed by atoms with Crippen molar-refractivity contribution in [1.82, 2.24) is 0 Å². The Morgan fingerprint density at radius 3 is 2.00 bits per heavy atom. The molecule has 2 aromatic rings. The summed E-state index contributed by atoms with van der Waals surface area (Å²) in [4.78, 5) is 2.75. The Bertz CT molecular complexity index is 449. The molecule has 2 rings (SSSR count). The average molecular weight is 260 g/mol. The summed E-state index contributed by atoms with van der Waals surface area (Å²) in [6.07, 6.45) is 1.17. The van der Waals surface area contributed by atoms with Crippen LogP contribution in [0.3, 0.4) is 0 Å². The molecule has 0 saturated carbocycles. The average Bonchev–Trinajstić information content (AvgIpc) is 2.79. The minimum atomic E-state index is 0.731. The standard InChI is InChI=1S/C15H18S.C2H6/c1-11(2)10-13-5-7-14(8-6-13)15-9-4-12(3)16-15;1-2/h4-9,11H,10H2,1-3H3;1-2H3. The van der Waals surface area contributed by atoms with Crippen LogP contribution in [0.5, 0.6) is 0 Å². The van der Waals surface area contributed by atoms with Crippen LogP contribution in [-0.4, -0.2) is 0 Å². The molecular formula is C17H24S. The lowest BCUT2D eigenvalue weighted by molar-refractivity contribution is 0.647. The van der Waals surface area contributed by atoms with Crippen molar-refractivity contribution in [3.8, 4) is 10.4 Å². The van der Waals surface area contributed by atoms with E-state index in [4.69, 9.17) is 0 Å². The fourth-order valence-electron chi connectivity index (χ4n) is 1.87. The summed E-state index contributed by atoms with van der Waals surface area (Å²) >= 11 is 1.86. The quantitative estimate of drug-likeness (QED) is 0.640. The van der Waals surface area contributed by atoms with Crippen LogP contribution in [0.2, 0.25) is 0 Å². The molecule has 98 valence electrons. The second kappa shape index (κ2) is 7.38. The highest BCUT2D eigenvalue weighted by atomic mass is 32.1. The highest BCUT2D eigenvalue weighted by Gasteiger charge is 2.01. The van der Waals surface area contributed by atoms with Crippen molar-refractivity contribution >= 4 is 11.3 Å².